The van der Waals surface area contributed by atoms with Crippen LogP contribution >= 0.6 is 0 Å². The Hall–Kier alpha value is -1.45. The van der Waals surface area contributed by atoms with Crippen molar-refractivity contribution in [3.63, 3.8) is 0 Å². The molecule has 0 aromatic rings. The van der Waals surface area contributed by atoms with Gasteiger partial charge in [0.1, 0.15) is 5.78 Å². The molecule has 1 aliphatic heterocycles. The Morgan fingerprint density at radius 1 is 1.20 bits per heavy atom. The van der Waals surface area contributed by atoms with Crippen LogP contribution < -0.4 is 0 Å². The summed E-state index contributed by atoms with van der Waals surface area (Å²) in [6.45, 7) is 0. The summed E-state index contributed by atoms with van der Waals surface area (Å²) in [5.41, 5.74) is -0.473. The highest BCUT2D eigenvalue weighted by atomic mass is 16.2. The summed E-state index contributed by atoms with van der Waals surface area (Å²) in [7, 11) is 0. The second kappa shape index (κ2) is 2.56. The third kappa shape index (κ3) is 0.991. The largest absolute Gasteiger partial charge is 0.299 e. The van der Waals surface area contributed by atoms with Gasteiger partial charge in [0.25, 0.3) is 11.8 Å². The summed E-state index contributed by atoms with van der Waals surface area (Å²) in [5, 5.41) is 0. The van der Waals surface area contributed by atoms with Crippen molar-refractivity contribution in [2.24, 2.45) is 5.92 Å². The van der Waals surface area contributed by atoms with Crippen molar-refractivity contribution < 1.29 is 14.4 Å². The van der Waals surface area contributed by atoms with Crippen LogP contribution in [0.3, 0.4) is 0 Å². The molecule has 1 heterocycles. The number of carbonyl (C=O) groups excluding carboxylic acids is 3. The first-order valence-electron chi connectivity index (χ1n) is 5.21. The summed E-state index contributed by atoms with van der Waals surface area (Å²) in [4.78, 5) is 36.0. The number of amides is 2. The molecule has 0 aromatic heterocycles. The molecule has 78 valence electrons. The Morgan fingerprint density at radius 2 is 1.87 bits per heavy atom. The van der Waals surface area contributed by atoms with Crippen molar-refractivity contribution in [3.05, 3.63) is 12.2 Å². The number of carbonyl (C=O) groups is 3. The van der Waals surface area contributed by atoms with Gasteiger partial charge in [0.2, 0.25) is 0 Å². The predicted molar refractivity (Wildman–Crippen MR) is 50.7 cm³/mol. The van der Waals surface area contributed by atoms with E-state index in [2.05, 4.69) is 0 Å². The highest BCUT2D eigenvalue weighted by Gasteiger charge is 2.56. The van der Waals surface area contributed by atoms with E-state index < -0.39 is 5.54 Å². The maximum absolute atomic E-state index is 11.6. The lowest BCUT2D eigenvalue weighted by Crippen LogP contribution is -2.49. The fourth-order valence-electron chi connectivity index (χ4n) is 3.16. The van der Waals surface area contributed by atoms with Crippen LogP contribution in [0.2, 0.25) is 0 Å². The van der Waals surface area contributed by atoms with Gasteiger partial charge in [0.05, 0.1) is 5.54 Å². The van der Waals surface area contributed by atoms with E-state index in [9.17, 15) is 14.4 Å². The molecule has 2 bridgehead atoms. The third-order valence-corrected chi connectivity index (χ3v) is 3.83. The summed E-state index contributed by atoms with van der Waals surface area (Å²) in [5.74, 6) is -0.203. The monoisotopic (exact) mass is 205 g/mol. The number of ketones is 1. The molecule has 4 heteroatoms. The van der Waals surface area contributed by atoms with E-state index in [1.165, 1.54) is 17.1 Å². The van der Waals surface area contributed by atoms with Crippen molar-refractivity contribution in [1.29, 1.82) is 0 Å². The zero-order valence-electron chi connectivity index (χ0n) is 8.23. The Labute approximate surface area is 86.9 Å². The predicted octanol–water partition coefficient (Wildman–Crippen LogP) is 0.423. The number of hydrogen-bond donors (Lipinski definition) is 0. The summed E-state index contributed by atoms with van der Waals surface area (Å²) >= 11 is 0. The molecule has 0 aromatic carbocycles. The molecular formula is C11H11NO3. The van der Waals surface area contributed by atoms with Gasteiger partial charge in [-0.2, -0.15) is 0 Å². The van der Waals surface area contributed by atoms with Crippen molar-refractivity contribution in [1.82, 2.24) is 4.90 Å². The fraction of sp³-hybridized carbons (Fsp3) is 0.545. The number of hydrogen-bond acceptors (Lipinski definition) is 3. The molecule has 0 radical (unpaired) electrons. The van der Waals surface area contributed by atoms with Gasteiger partial charge >= 0.3 is 0 Å². The van der Waals surface area contributed by atoms with Gasteiger partial charge in [-0.15, -0.1) is 0 Å². The molecule has 0 N–H and O–H groups in total. The quantitative estimate of drug-likeness (QED) is 0.583. The number of fused-ring (bicyclic) bond motifs is 2. The first-order chi connectivity index (χ1) is 7.12. The molecule has 4 nitrogen and oxygen atoms in total. The van der Waals surface area contributed by atoms with Crippen LogP contribution in [0.4, 0.5) is 0 Å². The Balaban J connectivity index is 1.98. The summed E-state index contributed by atoms with van der Waals surface area (Å²) in [6.07, 6.45) is 5.28. The smallest absolute Gasteiger partial charge is 0.254 e. The maximum Gasteiger partial charge on any atom is 0.254 e. The molecule has 3 rings (SSSR count). The molecular weight excluding hydrogens is 194 g/mol. The second-order valence-electron chi connectivity index (χ2n) is 4.65. The zero-order valence-corrected chi connectivity index (χ0v) is 8.23. The van der Waals surface area contributed by atoms with Gasteiger partial charge in [-0.05, 0) is 19.3 Å². The lowest BCUT2D eigenvalue weighted by atomic mass is 9.91. The Bertz CT molecular complexity index is 394. The van der Waals surface area contributed by atoms with Crippen molar-refractivity contribution in [2.75, 3.05) is 0 Å². The number of Topliss-reactive ketones (excluding diaryl/α,β-unsaturated/α-hetero) is 1. The van der Waals surface area contributed by atoms with E-state index in [4.69, 9.17) is 0 Å². The molecule has 0 spiro atoms. The van der Waals surface area contributed by atoms with Gasteiger partial charge < -0.3 is 0 Å². The molecule has 15 heavy (non-hydrogen) atoms. The van der Waals surface area contributed by atoms with Crippen LogP contribution in [0.5, 0.6) is 0 Å². The van der Waals surface area contributed by atoms with Gasteiger partial charge in [0, 0.05) is 24.5 Å². The van der Waals surface area contributed by atoms with Crippen LogP contribution in [-0.4, -0.2) is 28.0 Å². The minimum Gasteiger partial charge on any atom is -0.299 e. The van der Waals surface area contributed by atoms with E-state index in [-0.39, 0.29) is 23.5 Å². The van der Waals surface area contributed by atoms with Crippen molar-refractivity contribution >= 4 is 17.6 Å². The minimum absolute atomic E-state index is 0.0891. The average Bonchev–Trinajstić information content (AvgIpc) is 2.79. The molecule has 2 aliphatic carbocycles. The van der Waals surface area contributed by atoms with Crippen LogP contribution in [-0.2, 0) is 14.4 Å². The van der Waals surface area contributed by atoms with E-state index in [0.29, 0.717) is 12.8 Å². The van der Waals surface area contributed by atoms with Gasteiger partial charge in [-0.25, -0.2) is 0 Å². The van der Waals surface area contributed by atoms with Gasteiger partial charge in [-0.1, -0.05) is 0 Å². The SMILES string of the molecule is O=C1CC2(N3C(=O)C=CC3=O)CCC1C2. The number of nitrogens with zero attached hydrogens (tertiary/aromatic N) is 1. The maximum atomic E-state index is 11.6. The highest BCUT2D eigenvalue weighted by molar-refractivity contribution is 6.14. The van der Waals surface area contributed by atoms with E-state index in [0.717, 1.165) is 12.8 Å². The number of imide groups is 1. The fourth-order valence-corrected chi connectivity index (χ4v) is 3.16. The first kappa shape index (κ1) is 8.83. The van der Waals surface area contributed by atoms with Gasteiger partial charge in [-0.3, -0.25) is 19.3 Å². The van der Waals surface area contributed by atoms with Crippen molar-refractivity contribution in [3.8, 4) is 0 Å². The molecule has 2 atom stereocenters. The van der Waals surface area contributed by atoms with E-state index in [1.54, 1.807) is 0 Å². The molecule has 2 unspecified atom stereocenters. The standard InChI is InChI=1S/C11H11NO3/c13-8-6-11(4-3-7(8)5-11)12-9(14)1-2-10(12)15/h1-2,7H,3-6H2. The summed E-state index contributed by atoms with van der Waals surface area (Å²) in [6, 6.07) is 0. The average molecular weight is 205 g/mol. The molecule has 0 saturated heterocycles. The molecule has 2 saturated carbocycles. The topological polar surface area (TPSA) is 54.5 Å². The van der Waals surface area contributed by atoms with Crippen molar-refractivity contribution in [2.45, 2.75) is 31.2 Å². The molecule has 2 amide bonds. The van der Waals surface area contributed by atoms with Crippen LogP contribution in [0.25, 0.3) is 0 Å². The Morgan fingerprint density at radius 3 is 2.33 bits per heavy atom. The molecule has 3 aliphatic rings. The zero-order chi connectivity index (χ0) is 10.6. The number of rotatable bonds is 1. The summed E-state index contributed by atoms with van der Waals surface area (Å²) < 4.78 is 0. The van der Waals surface area contributed by atoms with Crippen LogP contribution in [0.15, 0.2) is 12.2 Å². The minimum atomic E-state index is -0.473. The molecule has 2 fully saturated rings. The third-order valence-electron chi connectivity index (χ3n) is 3.83. The second-order valence-corrected chi connectivity index (χ2v) is 4.65. The van der Waals surface area contributed by atoms with E-state index >= 15 is 0 Å². The van der Waals surface area contributed by atoms with E-state index in [1.807, 2.05) is 0 Å². The normalized spacial score (nSPS) is 38.5. The van der Waals surface area contributed by atoms with Crippen LogP contribution in [0, 0.1) is 5.92 Å². The highest BCUT2D eigenvalue weighted by Crippen LogP contribution is 2.49. The van der Waals surface area contributed by atoms with Gasteiger partial charge in [0.15, 0.2) is 0 Å². The lowest BCUT2D eigenvalue weighted by molar-refractivity contribution is -0.144. The first-order valence-corrected chi connectivity index (χ1v) is 5.21. The van der Waals surface area contributed by atoms with Crippen LogP contribution in [0.1, 0.15) is 25.7 Å². The lowest BCUT2D eigenvalue weighted by Gasteiger charge is -2.34. The Kier molecular flexibility index (Phi) is 1.51.